The van der Waals surface area contributed by atoms with Crippen molar-refractivity contribution in [2.45, 2.75) is 12.5 Å². The first-order chi connectivity index (χ1) is 11.5. The van der Waals surface area contributed by atoms with Gasteiger partial charge in [-0.25, -0.2) is 4.98 Å². The van der Waals surface area contributed by atoms with Crippen molar-refractivity contribution in [3.05, 3.63) is 53.1 Å². The Morgan fingerprint density at radius 2 is 2.12 bits per heavy atom. The number of hydrogen-bond donors (Lipinski definition) is 2. The number of amidine groups is 1. The second-order valence-electron chi connectivity index (χ2n) is 6.20. The van der Waals surface area contributed by atoms with E-state index < -0.39 is 5.54 Å². The van der Waals surface area contributed by atoms with Crippen molar-refractivity contribution in [1.29, 1.82) is 0 Å². The highest BCUT2D eigenvalue weighted by Gasteiger charge is 2.30. The molecule has 1 unspecified atom stereocenters. The first-order valence-electron chi connectivity index (χ1n) is 7.72. The topological polar surface area (TPSA) is 76.3 Å². The molecular weight excluding hydrogens is 324 g/mol. The highest BCUT2D eigenvalue weighted by molar-refractivity contribution is 6.31. The molecule has 2 heterocycles. The van der Waals surface area contributed by atoms with Gasteiger partial charge in [0.2, 0.25) is 0 Å². The standard InChI is InChI=1S/C18H17ClN4O/c1-18(10-24-9-16(20)23-18)12-4-2-3-11(7-12)17-21-14-6-5-13(19)8-15(14)22-17/h2-8H,9-10H2,1H3,(H2,20,23)(H,21,22). The first kappa shape index (κ1) is 15.2. The van der Waals surface area contributed by atoms with Crippen molar-refractivity contribution in [3.8, 4) is 11.4 Å². The van der Waals surface area contributed by atoms with Crippen LogP contribution in [0.3, 0.4) is 0 Å². The zero-order valence-corrected chi connectivity index (χ0v) is 14.0. The third-order valence-electron chi connectivity index (χ3n) is 4.23. The van der Waals surface area contributed by atoms with Gasteiger partial charge in [-0.1, -0.05) is 29.8 Å². The van der Waals surface area contributed by atoms with Gasteiger partial charge >= 0.3 is 0 Å². The summed E-state index contributed by atoms with van der Waals surface area (Å²) in [5.74, 6) is 1.32. The van der Waals surface area contributed by atoms with Crippen LogP contribution in [0, 0.1) is 0 Å². The van der Waals surface area contributed by atoms with Gasteiger partial charge in [0.1, 0.15) is 23.8 Å². The van der Waals surface area contributed by atoms with Gasteiger partial charge in [0.05, 0.1) is 17.6 Å². The highest BCUT2D eigenvalue weighted by Crippen LogP contribution is 2.31. The molecule has 1 aromatic heterocycles. The Morgan fingerprint density at radius 1 is 1.25 bits per heavy atom. The number of aliphatic imine (C=N–C) groups is 1. The van der Waals surface area contributed by atoms with Crippen LogP contribution in [0.5, 0.6) is 0 Å². The summed E-state index contributed by atoms with van der Waals surface area (Å²) in [7, 11) is 0. The van der Waals surface area contributed by atoms with Gasteiger partial charge in [-0.15, -0.1) is 0 Å². The van der Waals surface area contributed by atoms with E-state index in [-0.39, 0.29) is 0 Å². The predicted molar refractivity (Wildman–Crippen MR) is 96.3 cm³/mol. The lowest BCUT2D eigenvalue weighted by molar-refractivity contribution is 0.106. The Bertz CT molecular complexity index is 949. The monoisotopic (exact) mass is 340 g/mol. The minimum atomic E-state index is -0.479. The van der Waals surface area contributed by atoms with E-state index in [0.29, 0.717) is 24.1 Å². The second-order valence-corrected chi connectivity index (χ2v) is 6.63. The number of ether oxygens (including phenoxy) is 1. The van der Waals surface area contributed by atoms with E-state index in [2.05, 4.69) is 21.0 Å². The maximum atomic E-state index is 6.04. The molecule has 0 saturated carbocycles. The van der Waals surface area contributed by atoms with E-state index >= 15 is 0 Å². The fourth-order valence-electron chi connectivity index (χ4n) is 3.00. The molecule has 3 N–H and O–H groups in total. The second kappa shape index (κ2) is 5.61. The molecule has 0 fully saturated rings. The van der Waals surface area contributed by atoms with Gasteiger partial charge < -0.3 is 15.5 Å². The lowest BCUT2D eigenvalue weighted by Crippen LogP contribution is -2.37. The summed E-state index contributed by atoms with van der Waals surface area (Å²) in [6.45, 7) is 2.92. The molecule has 0 spiro atoms. The van der Waals surface area contributed by atoms with Gasteiger partial charge in [0.15, 0.2) is 0 Å². The van der Waals surface area contributed by atoms with Gasteiger partial charge in [-0.05, 0) is 36.8 Å². The first-order valence-corrected chi connectivity index (χ1v) is 8.09. The molecule has 24 heavy (non-hydrogen) atoms. The van der Waals surface area contributed by atoms with E-state index in [1.54, 1.807) is 0 Å². The molecule has 0 amide bonds. The number of halogens is 1. The molecule has 1 atom stereocenters. The number of imidazole rings is 1. The summed E-state index contributed by atoms with van der Waals surface area (Å²) in [4.78, 5) is 12.6. The van der Waals surface area contributed by atoms with Crippen molar-refractivity contribution in [2.75, 3.05) is 13.2 Å². The summed E-state index contributed by atoms with van der Waals surface area (Å²) < 4.78 is 5.56. The number of nitrogens with two attached hydrogens (primary N) is 1. The Kier molecular flexibility index (Phi) is 3.55. The molecule has 0 radical (unpaired) electrons. The molecule has 1 aliphatic rings. The summed E-state index contributed by atoms with van der Waals surface area (Å²) in [5.41, 5.74) is 9.20. The SMILES string of the molecule is CC1(c2cccc(-c3nc4ccc(Cl)cc4[nH]3)c2)COCC(N)=N1. The molecule has 0 bridgehead atoms. The maximum Gasteiger partial charge on any atom is 0.138 e. The van der Waals surface area contributed by atoms with Crippen LogP contribution in [0.15, 0.2) is 47.5 Å². The number of hydrogen-bond acceptors (Lipinski definition) is 4. The number of fused-ring (bicyclic) bond motifs is 1. The molecule has 6 heteroatoms. The van der Waals surface area contributed by atoms with Gasteiger partial charge in [0.25, 0.3) is 0 Å². The normalized spacial score (nSPS) is 21.0. The largest absolute Gasteiger partial charge is 0.386 e. The number of H-pyrrole nitrogens is 1. The van der Waals surface area contributed by atoms with E-state index in [0.717, 1.165) is 28.0 Å². The molecule has 0 saturated heterocycles. The average molecular weight is 341 g/mol. The smallest absolute Gasteiger partial charge is 0.138 e. The lowest BCUT2D eigenvalue weighted by atomic mass is 9.91. The van der Waals surface area contributed by atoms with Crippen LogP contribution in [-0.4, -0.2) is 29.0 Å². The average Bonchev–Trinajstić information content (AvgIpc) is 2.98. The number of rotatable bonds is 2. The number of nitrogens with one attached hydrogen (secondary N) is 1. The summed E-state index contributed by atoms with van der Waals surface area (Å²) >= 11 is 6.04. The van der Waals surface area contributed by atoms with Gasteiger partial charge in [0, 0.05) is 10.6 Å². The van der Waals surface area contributed by atoms with Crippen molar-refractivity contribution >= 4 is 28.5 Å². The Hall–Kier alpha value is -2.37. The molecule has 5 nitrogen and oxygen atoms in total. The zero-order chi connectivity index (χ0) is 16.7. The van der Waals surface area contributed by atoms with E-state index in [1.165, 1.54) is 0 Å². The lowest BCUT2D eigenvalue weighted by Gasteiger charge is -2.30. The molecule has 0 aliphatic carbocycles. The van der Waals surface area contributed by atoms with Crippen LogP contribution in [0.2, 0.25) is 5.02 Å². The number of benzene rings is 2. The van der Waals surface area contributed by atoms with Crippen LogP contribution >= 0.6 is 11.6 Å². The quantitative estimate of drug-likeness (QED) is 0.749. The molecule has 122 valence electrons. The highest BCUT2D eigenvalue weighted by atomic mass is 35.5. The molecule has 1 aliphatic heterocycles. The molecule has 4 rings (SSSR count). The zero-order valence-electron chi connectivity index (χ0n) is 13.2. The van der Waals surface area contributed by atoms with Crippen molar-refractivity contribution in [2.24, 2.45) is 10.7 Å². The predicted octanol–water partition coefficient (Wildman–Crippen LogP) is 3.49. The van der Waals surface area contributed by atoms with Crippen LogP contribution in [0.25, 0.3) is 22.4 Å². The molecule has 2 aromatic carbocycles. The van der Waals surface area contributed by atoms with Crippen LogP contribution < -0.4 is 5.73 Å². The van der Waals surface area contributed by atoms with Crippen LogP contribution in [0.4, 0.5) is 0 Å². The van der Waals surface area contributed by atoms with Crippen LogP contribution in [-0.2, 0) is 10.3 Å². The Morgan fingerprint density at radius 3 is 2.96 bits per heavy atom. The summed E-state index contributed by atoms with van der Waals surface area (Å²) in [6.07, 6.45) is 0. The number of aromatic amines is 1. The fourth-order valence-corrected chi connectivity index (χ4v) is 3.18. The van der Waals surface area contributed by atoms with E-state index in [4.69, 9.17) is 22.1 Å². The van der Waals surface area contributed by atoms with Crippen molar-refractivity contribution in [3.63, 3.8) is 0 Å². The minimum absolute atomic E-state index is 0.389. The summed E-state index contributed by atoms with van der Waals surface area (Å²) in [5, 5.41) is 0.683. The van der Waals surface area contributed by atoms with Gasteiger partial charge in [-0.3, -0.25) is 4.99 Å². The number of nitrogens with zero attached hydrogens (tertiary/aromatic N) is 2. The van der Waals surface area contributed by atoms with Gasteiger partial charge in [-0.2, -0.15) is 0 Å². The molecular formula is C18H17ClN4O. The molecule has 3 aromatic rings. The number of aromatic nitrogens is 2. The minimum Gasteiger partial charge on any atom is -0.386 e. The third-order valence-corrected chi connectivity index (χ3v) is 4.46. The van der Waals surface area contributed by atoms with E-state index in [1.807, 2.05) is 43.3 Å². The maximum absolute atomic E-state index is 6.04. The van der Waals surface area contributed by atoms with Crippen LogP contribution in [0.1, 0.15) is 12.5 Å². The Balaban J connectivity index is 1.78. The van der Waals surface area contributed by atoms with Crippen molar-refractivity contribution in [1.82, 2.24) is 9.97 Å². The van der Waals surface area contributed by atoms with E-state index in [9.17, 15) is 0 Å². The summed E-state index contributed by atoms with van der Waals surface area (Å²) in [6, 6.07) is 13.7. The third kappa shape index (κ3) is 2.66. The van der Waals surface area contributed by atoms with Crippen molar-refractivity contribution < 1.29 is 4.74 Å². The Labute approximate surface area is 144 Å². The fraction of sp³-hybridized carbons (Fsp3) is 0.222.